The number of ketones is 1. The lowest BCUT2D eigenvalue weighted by molar-refractivity contribution is -0.131. The van der Waals surface area contributed by atoms with Gasteiger partial charge in [0, 0.05) is 68.5 Å². The van der Waals surface area contributed by atoms with Crippen molar-refractivity contribution in [2.24, 2.45) is 0 Å². The number of hydrogen-bond acceptors (Lipinski definition) is 9. The minimum Gasteiger partial charge on any atom is -0.462 e. The van der Waals surface area contributed by atoms with Crippen LogP contribution in [-0.2, 0) is 22.4 Å². The number of aldehydes is 1. The molecule has 1 amide bonds. The number of pyridine rings is 3. The van der Waals surface area contributed by atoms with E-state index in [1.54, 1.807) is 31.6 Å². The number of nitrogens with zero attached hydrogens (tertiary/aromatic N) is 5. The first-order valence-corrected chi connectivity index (χ1v) is 13.6. The molecule has 0 radical (unpaired) electrons. The molecule has 10 nitrogen and oxygen atoms in total. The Hall–Kier alpha value is -4.31. The van der Waals surface area contributed by atoms with Crippen LogP contribution in [-0.4, -0.2) is 89.0 Å². The summed E-state index contributed by atoms with van der Waals surface area (Å²) in [5.41, 5.74) is 3.03. The van der Waals surface area contributed by atoms with Crippen LogP contribution >= 0.6 is 0 Å². The second-order valence-corrected chi connectivity index (χ2v) is 9.43. The van der Waals surface area contributed by atoms with Gasteiger partial charge in [-0.15, -0.1) is 0 Å². The third-order valence-electron chi connectivity index (χ3n) is 6.04. The molecule has 0 unspecified atom stereocenters. The summed E-state index contributed by atoms with van der Waals surface area (Å²) in [4.78, 5) is 62.4. The third kappa shape index (κ3) is 12.9. The average molecular weight is 578 g/mol. The van der Waals surface area contributed by atoms with Crippen molar-refractivity contribution in [1.82, 2.24) is 24.8 Å². The summed E-state index contributed by atoms with van der Waals surface area (Å²) in [6, 6.07) is 10.2. The number of hydrogen-bond donors (Lipinski definition) is 0. The molecule has 0 atom stereocenters. The van der Waals surface area contributed by atoms with Gasteiger partial charge in [0.2, 0.25) is 5.91 Å². The molecule has 0 saturated carbocycles. The number of esters is 1. The first-order chi connectivity index (χ1) is 19.8. The lowest BCUT2D eigenvalue weighted by Crippen LogP contribution is -2.36. The van der Waals surface area contributed by atoms with E-state index in [4.69, 9.17) is 4.74 Å². The second-order valence-electron chi connectivity index (χ2n) is 9.43. The summed E-state index contributed by atoms with van der Waals surface area (Å²) in [6.07, 6.45) is 9.30. The van der Waals surface area contributed by atoms with Crippen LogP contribution in [0, 0.1) is 0 Å². The Kier molecular flexibility index (Phi) is 16.8. The standard InChI is InChI=1S/C22H30N4O2.C9H9NO3.CH4/c1-4-26(15-14-25(2)3)22(28)7-5-6-20-17-19(10-13-24-20)21(27)16-18-8-11-23-12-9-18;1-2-13-9(12)7-3-4-10-8(5-7)6-11;/h8-13,17H,4-7,14-16H2,1-3H3;3-6H,2H2,1H3;1H4. The topological polar surface area (TPSA) is 123 Å². The third-order valence-corrected chi connectivity index (χ3v) is 6.04. The molecule has 0 spiro atoms. The van der Waals surface area contributed by atoms with E-state index in [2.05, 4.69) is 19.9 Å². The number of rotatable bonds is 14. The summed E-state index contributed by atoms with van der Waals surface area (Å²) in [6.45, 7) is 6.39. The van der Waals surface area contributed by atoms with Gasteiger partial charge in [-0.1, -0.05) is 7.43 Å². The smallest absolute Gasteiger partial charge is 0.338 e. The molecule has 0 bridgehead atoms. The number of aryl methyl sites for hydroxylation is 1. The van der Waals surface area contributed by atoms with Crippen molar-refractivity contribution in [3.05, 3.63) is 89.3 Å². The molecule has 0 aliphatic rings. The van der Waals surface area contributed by atoms with Gasteiger partial charge in [0.1, 0.15) is 5.69 Å². The first kappa shape index (κ1) is 35.7. The van der Waals surface area contributed by atoms with Crippen molar-refractivity contribution in [3.8, 4) is 0 Å². The van der Waals surface area contributed by atoms with E-state index >= 15 is 0 Å². The summed E-state index contributed by atoms with van der Waals surface area (Å²) in [5.74, 6) is -0.200. The van der Waals surface area contributed by atoms with E-state index in [-0.39, 0.29) is 24.8 Å². The molecule has 0 aromatic carbocycles. The quantitative estimate of drug-likeness (QED) is 0.156. The maximum atomic E-state index is 12.5. The number of likely N-dealkylation sites (N-methyl/N-ethyl adjacent to an activating group) is 2. The fraction of sp³-hybridized carbons (Fsp3) is 0.406. The van der Waals surface area contributed by atoms with Crippen LogP contribution in [0.2, 0.25) is 0 Å². The molecule has 226 valence electrons. The summed E-state index contributed by atoms with van der Waals surface area (Å²) < 4.78 is 4.74. The Bertz CT molecular complexity index is 1270. The highest BCUT2D eigenvalue weighted by Crippen LogP contribution is 2.11. The highest BCUT2D eigenvalue weighted by atomic mass is 16.5. The van der Waals surface area contributed by atoms with E-state index in [9.17, 15) is 19.2 Å². The maximum absolute atomic E-state index is 12.5. The zero-order chi connectivity index (χ0) is 30.0. The number of aromatic nitrogens is 3. The van der Waals surface area contributed by atoms with Gasteiger partial charge in [0.15, 0.2) is 12.1 Å². The Morgan fingerprint density at radius 1 is 0.905 bits per heavy atom. The number of Topliss-reactive ketones (excluding diaryl/α,β-unsaturated/α-hetero) is 1. The van der Waals surface area contributed by atoms with E-state index in [0.29, 0.717) is 43.3 Å². The van der Waals surface area contributed by atoms with Gasteiger partial charge in [-0.25, -0.2) is 4.79 Å². The Balaban J connectivity index is 0.000000529. The van der Waals surface area contributed by atoms with Crippen molar-refractivity contribution in [3.63, 3.8) is 0 Å². The van der Waals surface area contributed by atoms with Crippen LogP contribution in [0.5, 0.6) is 0 Å². The van der Waals surface area contributed by atoms with E-state index in [1.165, 1.54) is 18.3 Å². The van der Waals surface area contributed by atoms with Crippen molar-refractivity contribution in [2.75, 3.05) is 40.3 Å². The van der Waals surface area contributed by atoms with Crippen LogP contribution in [0.1, 0.15) is 76.6 Å². The van der Waals surface area contributed by atoms with E-state index in [1.807, 2.05) is 44.1 Å². The Morgan fingerprint density at radius 2 is 1.60 bits per heavy atom. The number of carbonyl (C=O) groups excluding carboxylic acids is 4. The van der Waals surface area contributed by atoms with Crippen molar-refractivity contribution in [2.45, 2.75) is 47.0 Å². The van der Waals surface area contributed by atoms with Crippen molar-refractivity contribution >= 4 is 23.9 Å². The van der Waals surface area contributed by atoms with Crippen LogP contribution in [0.4, 0.5) is 0 Å². The first-order valence-electron chi connectivity index (χ1n) is 13.6. The fourth-order valence-corrected chi connectivity index (χ4v) is 3.79. The molecular formula is C32H43N5O5. The van der Waals surface area contributed by atoms with Crippen molar-refractivity contribution in [1.29, 1.82) is 0 Å². The highest BCUT2D eigenvalue weighted by molar-refractivity contribution is 5.97. The molecule has 0 aliphatic carbocycles. The number of carbonyl (C=O) groups is 4. The second kappa shape index (κ2) is 19.7. The summed E-state index contributed by atoms with van der Waals surface area (Å²) in [7, 11) is 4.01. The zero-order valence-electron chi connectivity index (χ0n) is 24.3. The van der Waals surface area contributed by atoms with Crippen LogP contribution in [0.25, 0.3) is 0 Å². The van der Waals surface area contributed by atoms with E-state index in [0.717, 1.165) is 37.3 Å². The van der Waals surface area contributed by atoms with Crippen molar-refractivity contribution < 1.29 is 23.9 Å². The molecule has 3 aromatic rings. The lowest BCUT2D eigenvalue weighted by Gasteiger charge is -2.22. The van der Waals surface area contributed by atoms with E-state index < -0.39 is 5.97 Å². The summed E-state index contributed by atoms with van der Waals surface area (Å²) in [5, 5.41) is 0. The molecular weight excluding hydrogens is 534 g/mol. The van der Waals surface area contributed by atoms with Gasteiger partial charge in [0.25, 0.3) is 0 Å². The summed E-state index contributed by atoms with van der Waals surface area (Å²) >= 11 is 0. The SMILES string of the molecule is C.CCN(CCN(C)C)C(=O)CCCc1cc(C(=O)Cc2ccncc2)ccn1.CCOC(=O)c1ccnc(C=O)c1. The maximum Gasteiger partial charge on any atom is 0.338 e. The highest BCUT2D eigenvalue weighted by Gasteiger charge is 2.13. The molecule has 0 fully saturated rings. The van der Waals surface area contributed by atoms with Gasteiger partial charge >= 0.3 is 5.97 Å². The Morgan fingerprint density at radius 3 is 2.24 bits per heavy atom. The predicted molar refractivity (Wildman–Crippen MR) is 163 cm³/mol. The molecule has 3 heterocycles. The Labute approximate surface area is 249 Å². The normalized spacial score (nSPS) is 10.1. The molecule has 3 rings (SSSR count). The molecule has 0 aliphatic heterocycles. The number of amides is 1. The minimum atomic E-state index is -0.437. The lowest BCUT2D eigenvalue weighted by atomic mass is 10.0. The monoisotopic (exact) mass is 577 g/mol. The molecule has 42 heavy (non-hydrogen) atoms. The molecule has 0 saturated heterocycles. The van der Waals surface area contributed by atoms with Crippen LogP contribution < -0.4 is 0 Å². The largest absolute Gasteiger partial charge is 0.462 e. The van der Waals surface area contributed by atoms with Gasteiger partial charge in [-0.2, -0.15) is 0 Å². The molecule has 3 aromatic heterocycles. The molecule has 0 N–H and O–H groups in total. The minimum absolute atomic E-state index is 0. The van der Waals surface area contributed by atoms with Gasteiger partial charge in [-0.3, -0.25) is 29.3 Å². The van der Waals surface area contributed by atoms with Gasteiger partial charge in [0.05, 0.1) is 12.2 Å². The zero-order valence-corrected chi connectivity index (χ0v) is 24.3. The fourth-order valence-electron chi connectivity index (χ4n) is 3.79. The average Bonchev–Trinajstić information content (AvgIpc) is 2.98. The van der Waals surface area contributed by atoms with Crippen LogP contribution in [0.15, 0.2) is 61.2 Å². The van der Waals surface area contributed by atoms with Gasteiger partial charge in [-0.05, 0) is 82.7 Å². The molecule has 10 heteroatoms. The van der Waals surface area contributed by atoms with Crippen LogP contribution in [0.3, 0.4) is 0 Å². The number of ether oxygens (including phenoxy) is 1. The predicted octanol–water partition coefficient (Wildman–Crippen LogP) is 4.34. The van der Waals surface area contributed by atoms with Gasteiger partial charge < -0.3 is 14.5 Å².